The largest absolute Gasteiger partial charge is 0.508 e. The van der Waals surface area contributed by atoms with E-state index >= 15 is 0 Å². The SMILES string of the molecule is CCO[Si](OCC)(OCC)C(CCN=C(C)CC(C)C)[Si](OCC)(OCC)OCC. The summed E-state index contributed by atoms with van der Waals surface area (Å²) >= 11 is 0. The standard InChI is InChI=1S/C21H47NO6Si2/c1-10-23-29(24-11-2,25-12-3)21(16-17-22-20(9)18-19(7)8)30(26-13-4,27-14-5)28-15-6/h19,21H,10-18H2,1-9H3. The Bertz CT molecular complexity index is 405. The number of hydrogen-bond acceptors (Lipinski definition) is 7. The second-order valence-corrected chi connectivity index (χ2v) is 13.5. The third-order valence-electron chi connectivity index (χ3n) is 4.43. The molecule has 0 saturated carbocycles. The number of nitrogens with zero attached hydrogens (tertiary/aromatic N) is 1. The zero-order valence-corrected chi connectivity index (χ0v) is 22.9. The van der Waals surface area contributed by atoms with Crippen molar-refractivity contribution in [2.24, 2.45) is 10.9 Å². The molecule has 0 heterocycles. The molecule has 0 aromatic heterocycles. The molecule has 30 heavy (non-hydrogen) atoms. The summed E-state index contributed by atoms with van der Waals surface area (Å²) in [4.78, 5) is 4.82. The van der Waals surface area contributed by atoms with Crippen molar-refractivity contribution in [2.75, 3.05) is 46.2 Å². The summed E-state index contributed by atoms with van der Waals surface area (Å²) in [5.41, 5.74) is 1.15. The van der Waals surface area contributed by atoms with Crippen molar-refractivity contribution in [3.8, 4) is 0 Å². The van der Waals surface area contributed by atoms with Gasteiger partial charge in [0.05, 0.1) is 0 Å². The molecule has 0 aliphatic carbocycles. The molecule has 0 N–H and O–H groups in total. The second-order valence-electron chi connectivity index (χ2n) is 7.36. The van der Waals surface area contributed by atoms with Gasteiger partial charge in [-0.25, -0.2) is 0 Å². The van der Waals surface area contributed by atoms with Gasteiger partial charge in [-0.2, -0.15) is 0 Å². The Morgan fingerprint density at radius 3 is 1.27 bits per heavy atom. The third kappa shape index (κ3) is 9.56. The van der Waals surface area contributed by atoms with Gasteiger partial charge < -0.3 is 26.6 Å². The van der Waals surface area contributed by atoms with Crippen LogP contribution in [0.2, 0.25) is 5.16 Å². The van der Waals surface area contributed by atoms with Gasteiger partial charge in [-0.05, 0) is 67.2 Å². The van der Waals surface area contributed by atoms with Gasteiger partial charge in [0.1, 0.15) is 5.16 Å². The van der Waals surface area contributed by atoms with E-state index in [0.717, 1.165) is 12.1 Å². The highest BCUT2D eigenvalue weighted by molar-refractivity contribution is 6.82. The van der Waals surface area contributed by atoms with Crippen LogP contribution in [0.5, 0.6) is 0 Å². The molecule has 0 atom stereocenters. The van der Waals surface area contributed by atoms with Gasteiger partial charge in [-0.1, -0.05) is 13.8 Å². The van der Waals surface area contributed by atoms with E-state index < -0.39 is 17.6 Å². The van der Waals surface area contributed by atoms with Gasteiger partial charge in [0.25, 0.3) is 0 Å². The summed E-state index contributed by atoms with van der Waals surface area (Å²) in [6.07, 6.45) is 1.66. The van der Waals surface area contributed by atoms with Gasteiger partial charge in [-0.15, -0.1) is 0 Å². The molecule has 0 radical (unpaired) electrons. The lowest BCUT2D eigenvalue weighted by Crippen LogP contribution is -2.64. The minimum Gasteiger partial charge on any atom is -0.374 e. The fraction of sp³-hybridized carbons (Fsp3) is 0.952. The van der Waals surface area contributed by atoms with Crippen LogP contribution in [0.3, 0.4) is 0 Å². The van der Waals surface area contributed by atoms with E-state index in [-0.39, 0.29) is 5.16 Å². The minimum absolute atomic E-state index is 0.236. The monoisotopic (exact) mass is 465 g/mol. The average Bonchev–Trinajstić information content (AvgIpc) is 2.65. The molecule has 0 aromatic carbocycles. The predicted molar refractivity (Wildman–Crippen MR) is 127 cm³/mol. The smallest absolute Gasteiger partial charge is 0.374 e. The van der Waals surface area contributed by atoms with Crippen LogP contribution in [-0.4, -0.2) is 69.5 Å². The summed E-state index contributed by atoms with van der Waals surface area (Å²) < 4.78 is 37.7. The molecule has 0 bridgehead atoms. The third-order valence-corrected chi connectivity index (χ3v) is 13.0. The van der Waals surface area contributed by atoms with E-state index in [1.54, 1.807) is 0 Å². The van der Waals surface area contributed by atoms with Crippen LogP contribution in [-0.2, 0) is 26.6 Å². The minimum atomic E-state index is -3.16. The lowest BCUT2D eigenvalue weighted by atomic mass is 10.1. The number of hydrogen-bond donors (Lipinski definition) is 0. The van der Waals surface area contributed by atoms with Crippen LogP contribution >= 0.6 is 0 Å². The summed E-state index contributed by atoms with van der Waals surface area (Å²) in [5.74, 6) is 0.581. The van der Waals surface area contributed by atoms with Gasteiger partial charge in [0, 0.05) is 51.9 Å². The molecule has 0 spiro atoms. The normalized spacial score (nSPS) is 13.6. The van der Waals surface area contributed by atoms with Gasteiger partial charge in [0.2, 0.25) is 0 Å². The molecule has 0 aromatic rings. The molecule has 0 saturated heterocycles. The zero-order chi connectivity index (χ0) is 23.0. The fourth-order valence-electron chi connectivity index (χ4n) is 3.67. The molecule has 180 valence electrons. The van der Waals surface area contributed by atoms with Crippen LogP contribution in [0.1, 0.15) is 75.2 Å². The van der Waals surface area contributed by atoms with E-state index in [1.165, 1.54) is 0 Å². The first kappa shape index (κ1) is 29.9. The Kier molecular flexibility index (Phi) is 16.4. The van der Waals surface area contributed by atoms with Gasteiger partial charge in [-0.3, -0.25) is 4.99 Å². The van der Waals surface area contributed by atoms with E-state index in [4.69, 9.17) is 31.5 Å². The van der Waals surface area contributed by atoms with Crippen molar-refractivity contribution >= 4 is 23.3 Å². The average molecular weight is 466 g/mol. The maximum Gasteiger partial charge on any atom is 0.508 e. The molecule has 0 fully saturated rings. The summed E-state index contributed by atoms with van der Waals surface area (Å²) in [6.45, 7) is 21.9. The Morgan fingerprint density at radius 1 is 0.667 bits per heavy atom. The van der Waals surface area contributed by atoms with Crippen molar-refractivity contribution in [1.82, 2.24) is 0 Å². The molecule has 0 unspecified atom stereocenters. The first-order valence-corrected chi connectivity index (χ1v) is 15.2. The first-order chi connectivity index (χ1) is 14.3. The van der Waals surface area contributed by atoms with E-state index in [0.29, 0.717) is 58.5 Å². The Morgan fingerprint density at radius 2 is 1.00 bits per heavy atom. The van der Waals surface area contributed by atoms with E-state index in [1.807, 2.05) is 41.5 Å². The molecule has 9 heteroatoms. The highest BCUT2D eigenvalue weighted by atomic mass is 28.5. The molecule has 0 aliphatic heterocycles. The summed E-state index contributed by atoms with van der Waals surface area (Å²) in [5, 5.41) is -0.236. The highest BCUT2D eigenvalue weighted by Crippen LogP contribution is 2.40. The number of aliphatic imine (C=N–C) groups is 1. The van der Waals surface area contributed by atoms with Crippen molar-refractivity contribution in [3.05, 3.63) is 0 Å². The van der Waals surface area contributed by atoms with Crippen LogP contribution in [0.4, 0.5) is 0 Å². The molecule has 7 nitrogen and oxygen atoms in total. The van der Waals surface area contributed by atoms with Crippen LogP contribution in [0.25, 0.3) is 0 Å². The predicted octanol–water partition coefficient (Wildman–Crippen LogP) is 4.89. The maximum atomic E-state index is 6.28. The lowest BCUT2D eigenvalue weighted by Gasteiger charge is -2.42. The molecular weight excluding hydrogens is 418 g/mol. The highest BCUT2D eigenvalue weighted by Gasteiger charge is 2.65. The molecular formula is C21H47NO6Si2. The topological polar surface area (TPSA) is 67.7 Å². The maximum absolute atomic E-state index is 6.28. The van der Waals surface area contributed by atoms with Crippen LogP contribution < -0.4 is 0 Å². The second kappa shape index (κ2) is 16.5. The van der Waals surface area contributed by atoms with E-state index in [2.05, 4.69) is 20.8 Å². The van der Waals surface area contributed by atoms with Gasteiger partial charge >= 0.3 is 17.6 Å². The number of rotatable bonds is 19. The van der Waals surface area contributed by atoms with Crippen LogP contribution in [0.15, 0.2) is 4.99 Å². The molecule has 0 amide bonds. The molecule has 0 rings (SSSR count). The van der Waals surface area contributed by atoms with Gasteiger partial charge in [0.15, 0.2) is 0 Å². The summed E-state index contributed by atoms with van der Waals surface area (Å²) in [7, 11) is -6.32. The van der Waals surface area contributed by atoms with Crippen molar-refractivity contribution < 1.29 is 26.6 Å². The fourth-order valence-corrected chi connectivity index (χ4v) is 12.0. The van der Waals surface area contributed by atoms with Crippen LogP contribution in [0, 0.1) is 5.92 Å². The first-order valence-electron chi connectivity index (χ1n) is 11.6. The van der Waals surface area contributed by atoms with Crippen molar-refractivity contribution in [1.29, 1.82) is 0 Å². The zero-order valence-electron chi connectivity index (χ0n) is 20.9. The Hall–Kier alpha value is -0.136. The van der Waals surface area contributed by atoms with E-state index in [9.17, 15) is 0 Å². The Labute approximate surface area is 187 Å². The molecule has 0 aliphatic rings. The quantitative estimate of drug-likeness (QED) is 0.200. The summed E-state index contributed by atoms with van der Waals surface area (Å²) in [6, 6.07) is 0. The van der Waals surface area contributed by atoms with Crippen molar-refractivity contribution in [3.63, 3.8) is 0 Å². The lowest BCUT2D eigenvalue weighted by molar-refractivity contribution is 0.0317. The van der Waals surface area contributed by atoms with Crippen molar-refractivity contribution in [2.45, 2.75) is 80.3 Å². The Balaban J connectivity index is 6.22.